The van der Waals surface area contributed by atoms with Crippen LogP contribution in [0.2, 0.25) is 0 Å². The summed E-state index contributed by atoms with van der Waals surface area (Å²) in [6.07, 6.45) is 0. The highest BCUT2D eigenvalue weighted by Gasteiger charge is 2.14. The number of benzene rings is 2. The number of ether oxygens (including phenoxy) is 3. The number of carbonyl (C=O) groups excluding carboxylic acids is 1. The van der Waals surface area contributed by atoms with Gasteiger partial charge < -0.3 is 24.8 Å². The van der Waals surface area contributed by atoms with E-state index in [4.69, 9.17) is 14.2 Å². The number of nitrogens with one attached hydrogen (secondary N) is 2. The molecule has 0 atom stereocenters. The first-order chi connectivity index (χ1) is 11.1. The summed E-state index contributed by atoms with van der Waals surface area (Å²) in [4.78, 5) is 12.1. The fourth-order valence-corrected chi connectivity index (χ4v) is 2.08. The molecule has 0 saturated heterocycles. The highest BCUT2D eigenvalue weighted by atomic mass is 16.5. The molecule has 0 unspecified atom stereocenters. The van der Waals surface area contributed by atoms with E-state index >= 15 is 0 Å². The van der Waals surface area contributed by atoms with E-state index in [1.807, 2.05) is 31.2 Å². The van der Waals surface area contributed by atoms with Crippen molar-refractivity contribution in [1.29, 1.82) is 0 Å². The third-order valence-electron chi connectivity index (χ3n) is 3.23. The maximum absolute atomic E-state index is 12.1. The first-order valence-corrected chi connectivity index (χ1v) is 7.02. The van der Waals surface area contributed by atoms with Gasteiger partial charge in [-0.3, -0.25) is 0 Å². The van der Waals surface area contributed by atoms with Crippen molar-refractivity contribution in [1.82, 2.24) is 0 Å². The molecule has 0 aliphatic rings. The van der Waals surface area contributed by atoms with Crippen LogP contribution in [0.3, 0.4) is 0 Å². The minimum Gasteiger partial charge on any atom is -0.493 e. The van der Waals surface area contributed by atoms with Gasteiger partial charge in [0, 0.05) is 17.8 Å². The van der Waals surface area contributed by atoms with Crippen LogP contribution in [0.5, 0.6) is 17.2 Å². The molecule has 0 saturated carbocycles. The molecule has 122 valence electrons. The van der Waals surface area contributed by atoms with E-state index in [0.29, 0.717) is 28.6 Å². The first-order valence-electron chi connectivity index (χ1n) is 7.02. The van der Waals surface area contributed by atoms with Gasteiger partial charge in [-0.25, -0.2) is 4.79 Å². The lowest BCUT2D eigenvalue weighted by molar-refractivity contribution is 0.262. The van der Waals surface area contributed by atoms with Gasteiger partial charge in [0.2, 0.25) is 5.75 Å². The summed E-state index contributed by atoms with van der Waals surface area (Å²) in [5.74, 6) is 1.41. The standard InChI is InChI=1S/C17H20N2O4/c1-11-5-7-12(8-6-11)18-17(20)19-13-9-14(21-2)16(23-4)15(10-13)22-3/h5-10H,1-4H3,(H2,18,19,20). The van der Waals surface area contributed by atoms with Gasteiger partial charge in [0.05, 0.1) is 27.0 Å². The van der Waals surface area contributed by atoms with Gasteiger partial charge in [0.25, 0.3) is 0 Å². The Kier molecular flexibility index (Phi) is 5.30. The van der Waals surface area contributed by atoms with E-state index in [1.54, 1.807) is 12.1 Å². The molecule has 0 aliphatic carbocycles. The lowest BCUT2D eigenvalue weighted by Gasteiger charge is -2.15. The van der Waals surface area contributed by atoms with Crippen molar-refractivity contribution in [2.75, 3.05) is 32.0 Å². The van der Waals surface area contributed by atoms with Gasteiger partial charge in [-0.15, -0.1) is 0 Å². The van der Waals surface area contributed by atoms with Crippen molar-refractivity contribution in [3.63, 3.8) is 0 Å². The normalized spacial score (nSPS) is 9.91. The van der Waals surface area contributed by atoms with Gasteiger partial charge in [-0.1, -0.05) is 17.7 Å². The predicted octanol–water partition coefficient (Wildman–Crippen LogP) is 3.66. The molecule has 2 rings (SSSR count). The SMILES string of the molecule is COc1cc(NC(=O)Nc2ccc(C)cc2)cc(OC)c1OC. The molecule has 0 heterocycles. The predicted molar refractivity (Wildman–Crippen MR) is 89.9 cm³/mol. The van der Waals surface area contributed by atoms with Gasteiger partial charge in [-0.05, 0) is 19.1 Å². The monoisotopic (exact) mass is 316 g/mol. The molecule has 6 nitrogen and oxygen atoms in total. The number of hydrogen-bond donors (Lipinski definition) is 2. The minimum atomic E-state index is -0.358. The average Bonchev–Trinajstić information content (AvgIpc) is 2.55. The summed E-state index contributed by atoms with van der Waals surface area (Å²) in [5, 5.41) is 5.50. The van der Waals surface area contributed by atoms with Crippen LogP contribution >= 0.6 is 0 Å². The maximum Gasteiger partial charge on any atom is 0.323 e. The Morgan fingerprint density at radius 1 is 0.826 bits per heavy atom. The van der Waals surface area contributed by atoms with Crippen LogP contribution in [-0.4, -0.2) is 27.4 Å². The summed E-state index contributed by atoms with van der Waals surface area (Å²) in [5.41, 5.74) is 2.37. The molecule has 2 aromatic rings. The summed E-state index contributed by atoms with van der Waals surface area (Å²) in [6, 6.07) is 10.5. The molecule has 0 spiro atoms. The molecule has 6 heteroatoms. The molecule has 2 aromatic carbocycles. The topological polar surface area (TPSA) is 68.8 Å². The largest absolute Gasteiger partial charge is 0.493 e. The minimum absolute atomic E-state index is 0.358. The smallest absolute Gasteiger partial charge is 0.323 e. The Hall–Kier alpha value is -2.89. The number of methoxy groups -OCH3 is 3. The maximum atomic E-state index is 12.1. The first kappa shape index (κ1) is 16.5. The molecular formula is C17H20N2O4. The third kappa shape index (κ3) is 4.06. The van der Waals surface area contributed by atoms with E-state index in [-0.39, 0.29) is 6.03 Å². The Labute approximate surface area is 135 Å². The van der Waals surface area contributed by atoms with E-state index in [2.05, 4.69) is 10.6 Å². The molecule has 2 N–H and O–H groups in total. The number of aryl methyl sites for hydroxylation is 1. The van der Waals surface area contributed by atoms with Crippen LogP contribution < -0.4 is 24.8 Å². The second kappa shape index (κ2) is 7.40. The fourth-order valence-electron chi connectivity index (χ4n) is 2.08. The summed E-state index contributed by atoms with van der Waals surface area (Å²) >= 11 is 0. The van der Waals surface area contributed by atoms with Crippen LogP contribution in [0, 0.1) is 6.92 Å². The summed E-state index contributed by atoms with van der Waals surface area (Å²) in [7, 11) is 4.57. The molecule has 0 bridgehead atoms. The van der Waals surface area contributed by atoms with Crippen molar-refractivity contribution in [3.05, 3.63) is 42.0 Å². The van der Waals surface area contributed by atoms with Crippen molar-refractivity contribution in [3.8, 4) is 17.2 Å². The number of carbonyl (C=O) groups is 1. The summed E-state index contributed by atoms with van der Waals surface area (Å²) in [6.45, 7) is 1.99. The van der Waals surface area contributed by atoms with Crippen LogP contribution in [0.15, 0.2) is 36.4 Å². The Bertz CT molecular complexity index is 658. The number of urea groups is 1. The van der Waals surface area contributed by atoms with Crippen LogP contribution in [-0.2, 0) is 0 Å². The molecule has 0 aromatic heterocycles. The van der Waals surface area contributed by atoms with Crippen molar-refractivity contribution in [2.45, 2.75) is 6.92 Å². The van der Waals surface area contributed by atoms with Crippen molar-refractivity contribution < 1.29 is 19.0 Å². The van der Waals surface area contributed by atoms with Gasteiger partial charge in [0.1, 0.15) is 0 Å². The zero-order valence-electron chi connectivity index (χ0n) is 13.6. The zero-order chi connectivity index (χ0) is 16.8. The van der Waals surface area contributed by atoms with Gasteiger partial charge in [-0.2, -0.15) is 0 Å². The molecule has 0 radical (unpaired) electrons. The van der Waals surface area contributed by atoms with Crippen LogP contribution in [0.1, 0.15) is 5.56 Å². The Morgan fingerprint density at radius 3 is 1.83 bits per heavy atom. The van der Waals surface area contributed by atoms with Crippen LogP contribution in [0.25, 0.3) is 0 Å². The van der Waals surface area contributed by atoms with E-state index in [0.717, 1.165) is 5.56 Å². The lowest BCUT2D eigenvalue weighted by Crippen LogP contribution is -2.19. The second-order valence-corrected chi connectivity index (χ2v) is 4.86. The van der Waals surface area contributed by atoms with Crippen molar-refractivity contribution in [2.24, 2.45) is 0 Å². The highest BCUT2D eigenvalue weighted by Crippen LogP contribution is 2.39. The summed E-state index contributed by atoms with van der Waals surface area (Å²) < 4.78 is 15.8. The number of rotatable bonds is 5. The van der Waals surface area contributed by atoms with E-state index in [1.165, 1.54) is 21.3 Å². The number of amides is 2. The lowest BCUT2D eigenvalue weighted by atomic mass is 10.2. The molecule has 0 fully saturated rings. The Balaban J connectivity index is 2.15. The highest BCUT2D eigenvalue weighted by molar-refractivity contribution is 6.00. The van der Waals surface area contributed by atoms with Crippen LogP contribution in [0.4, 0.5) is 16.2 Å². The Morgan fingerprint density at radius 2 is 1.35 bits per heavy atom. The fraction of sp³-hybridized carbons (Fsp3) is 0.235. The van der Waals surface area contributed by atoms with Crippen molar-refractivity contribution >= 4 is 17.4 Å². The quantitative estimate of drug-likeness (QED) is 0.883. The van der Waals surface area contributed by atoms with Gasteiger partial charge >= 0.3 is 6.03 Å². The third-order valence-corrected chi connectivity index (χ3v) is 3.23. The molecule has 0 aliphatic heterocycles. The average molecular weight is 316 g/mol. The van der Waals surface area contributed by atoms with E-state index < -0.39 is 0 Å². The molecule has 23 heavy (non-hydrogen) atoms. The molecule has 2 amide bonds. The second-order valence-electron chi connectivity index (χ2n) is 4.86. The molecular weight excluding hydrogens is 296 g/mol. The number of anilines is 2. The zero-order valence-corrected chi connectivity index (χ0v) is 13.6. The van der Waals surface area contributed by atoms with E-state index in [9.17, 15) is 4.79 Å². The number of hydrogen-bond acceptors (Lipinski definition) is 4. The van der Waals surface area contributed by atoms with Gasteiger partial charge in [0.15, 0.2) is 11.5 Å².